The normalized spacial score (nSPS) is 23.3. The Morgan fingerprint density at radius 3 is 2.72 bits per heavy atom. The van der Waals surface area contributed by atoms with Gasteiger partial charge in [0.15, 0.2) is 0 Å². The number of phenols is 1. The van der Waals surface area contributed by atoms with Gasteiger partial charge in [-0.25, -0.2) is 4.98 Å². The van der Waals surface area contributed by atoms with Crippen molar-refractivity contribution in [3.05, 3.63) is 63.3 Å². The van der Waals surface area contributed by atoms with Crippen LogP contribution >= 0.6 is 0 Å². The molecule has 2 heterocycles. The quantitative estimate of drug-likeness (QED) is 0.898. The van der Waals surface area contributed by atoms with E-state index in [0.717, 1.165) is 5.56 Å². The van der Waals surface area contributed by atoms with Crippen LogP contribution in [0.2, 0.25) is 0 Å². The van der Waals surface area contributed by atoms with Crippen LogP contribution < -0.4 is 5.56 Å². The number of carboxylic acids is 1. The highest BCUT2D eigenvalue weighted by molar-refractivity contribution is 5.84. The molecule has 0 radical (unpaired) electrons. The molecule has 2 N–H and O–H groups in total. The summed E-state index contributed by atoms with van der Waals surface area (Å²) in [5, 5.41) is 18.7. The molecular weight excluding hydrogens is 320 g/mol. The second-order valence-corrected chi connectivity index (χ2v) is 6.48. The Bertz CT molecular complexity index is 1000. The first-order valence-corrected chi connectivity index (χ1v) is 7.95. The zero-order valence-corrected chi connectivity index (χ0v) is 13.5. The summed E-state index contributed by atoms with van der Waals surface area (Å²) in [4.78, 5) is 28.7. The Morgan fingerprint density at radius 2 is 2.04 bits per heavy atom. The molecule has 1 aliphatic carbocycles. The highest BCUT2D eigenvalue weighted by Crippen LogP contribution is 2.59. The second-order valence-electron chi connectivity index (χ2n) is 6.48. The predicted molar refractivity (Wildman–Crippen MR) is 93.0 cm³/mol. The molecule has 4 rings (SSSR count). The average Bonchev–Trinajstić information content (AvgIpc) is 3.34. The summed E-state index contributed by atoms with van der Waals surface area (Å²) in [6.07, 6.45) is 7.26. The molecule has 1 fully saturated rings. The molecule has 0 spiro atoms. The summed E-state index contributed by atoms with van der Waals surface area (Å²) in [5.41, 5.74) is 0.763. The van der Waals surface area contributed by atoms with E-state index in [2.05, 4.69) is 4.98 Å². The lowest BCUT2D eigenvalue weighted by molar-refractivity contribution is -0.141. The molecule has 0 saturated heterocycles. The predicted octanol–water partition coefficient (Wildman–Crippen LogP) is 2.47. The summed E-state index contributed by atoms with van der Waals surface area (Å²) >= 11 is 0. The van der Waals surface area contributed by atoms with Crippen LogP contribution in [-0.2, 0) is 4.79 Å². The summed E-state index contributed by atoms with van der Waals surface area (Å²) in [5.74, 6) is -0.226. The van der Waals surface area contributed by atoms with Crippen LogP contribution in [0.25, 0.3) is 18.2 Å². The van der Waals surface area contributed by atoms with Crippen molar-refractivity contribution >= 4 is 24.2 Å². The molecular formula is C19H16N2O4. The molecule has 0 bridgehead atoms. The molecule has 2 unspecified atom stereocenters. The van der Waals surface area contributed by atoms with Crippen molar-refractivity contribution in [3.8, 4) is 5.75 Å². The minimum atomic E-state index is -0.950. The lowest BCUT2D eigenvalue weighted by atomic mass is 10.0. The Labute approximate surface area is 143 Å². The van der Waals surface area contributed by atoms with Crippen molar-refractivity contribution in [2.24, 2.45) is 5.41 Å². The lowest BCUT2D eigenvalue weighted by Gasteiger charge is -2.18. The maximum atomic E-state index is 12.7. The van der Waals surface area contributed by atoms with Crippen molar-refractivity contribution in [2.75, 3.05) is 0 Å². The van der Waals surface area contributed by atoms with Crippen molar-refractivity contribution in [3.63, 3.8) is 0 Å². The van der Waals surface area contributed by atoms with Crippen molar-refractivity contribution < 1.29 is 15.0 Å². The van der Waals surface area contributed by atoms with Gasteiger partial charge in [-0.1, -0.05) is 24.3 Å². The van der Waals surface area contributed by atoms with Crippen molar-refractivity contribution in [1.29, 1.82) is 0 Å². The fraction of sp³-hybridized carbons (Fsp3) is 0.211. The number of carboxylic acid groups (broad SMARTS) is 1. The Kier molecular flexibility index (Phi) is 3.18. The zero-order valence-electron chi connectivity index (χ0n) is 13.5. The van der Waals surface area contributed by atoms with Crippen LogP contribution in [0.5, 0.6) is 5.75 Å². The number of phenolic OH excluding ortho intramolecular Hbond substituents is 1. The van der Waals surface area contributed by atoms with Crippen LogP contribution in [0.15, 0.2) is 35.1 Å². The number of rotatable bonds is 3. The van der Waals surface area contributed by atoms with Crippen LogP contribution in [0.1, 0.15) is 35.1 Å². The van der Waals surface area contributed by atoms with Gasteiger partial charge in [0, 0.05) is 5.56 Å². The number of carbonyl (C=O) groups is 1. The molecule has 2 aliphatic rings. The van der Waals surface area contributed by atoms with Gasteiger partial charge in [-0.15, -0.1) is 0 Å². The molecule has 126 valence electrons. The number of aromatic nitrogens is 2. The van der Waals surface area contributed by atoms with Crippen LogP contribution in [0.4, 0.5) is 0 Å². The van der Waals surface area contributed by atoms with E-state index in [1.165, 1.54) is 4.57 Å². The third-order valence-electron chi connectivity index (χ3n) is 4.94. The van der Waals surface area contributed by atoms with Gasteiger partial charge < -0.3 is 10.2 Å². The topological polar surface area (TPSA) is 92.4 Å². The molecule has 1 saturated carbocycles. The monoisotopic (exact) mass is 336 g/mol. The van der Waals surface area contributed by atoms with Gasteiger partial charge in [0.25, 0.3) is 5.56 Å². The summed E-state index contributed by atoms with van der Waals surface area (Å²) < 4.78 is 1.50. The van der Waals surface area contributed by atoms with Gasteiger partial charge in [-0.3, -0.25) is 14.2 Å². The molecule has 2 atom stereocenters. The number of hydrogen-bond donors (Lipinski definition) is 2. The van der Waals surface area contributed by atoms with E-state index in [0.29, 0.717) is 23.5 Å². The van der Waals surface area contributed by atoms with Gasteiger partial charge in [-0.05, 0) is 43.2 Å². The smallest absolute Gasteiger partial charge is 0.315 e. The highest BCUT2D eigenvalue weighted by Gasteiger charge is 2.62. The number of aromatic hydroxyl groups is 1. The standard InChI is InChI=1S/C19H16N2O4/c1-11-14(7-4-12-2-5-13(22)6-3-12)20-16-8-9-19(18(24)25)10-15(19)21(16)17(11)23/h2-9,15,22H,10H2,1H3,(H,24,25)/b7-4+. The lowest BCUT2D eigenvalue weighted by Crippen LogP contribution is -2.31. The Morgan fingerprint density at radius 1 is 1.32 bits per heavy atom. The fourth-order valence-electron chi connectivity index (χ4n) is 3.28. The number of fused-ring (bicyclic) bond motifs is 3. The average molecular weight is 336 g/mol. The molecule has 1 aromatic heterocycles. The van der Waals surface area contributed by atoms with Gasteiger partial charge in [0.1, 0.15) is 17.0 Å². The number of benzene rings is 1. The SMILES string of the molecule is Cc1c(/C=C/c2ccc(O)cc2)nc2n(c1=O)C1CC1(C(=O)O)C=C2. The number of aliphatic carboxylic acids is 1. The first kappa shape index (κ1) is 15.4. The van der Waals surface area contributed by atoms with E-state index < -0.39 is 11.4 Å². The van der Waals surface area contributed by atoms with Crippen molar-refractivity contribution in [2.45, 2.75) is 19.4 Å². The maximum Gasteiger partial charge on any atom is 0.315 e. The van der Waals surface area contributed by atoms with Crippen LogP contribution in [0.3, 0.4) is 0 Å². The Hall–Kier alpha value is -3.15. The summed E-state index contributed by atoms with van der Waals surface area (Å²) in [6, 6.07) is 6.35. The Balaban J connectivity index is 1.74. The van der Waals surface area contributed by atoms with E-state index in [1.807, 2.05) is 6.08 Å². The van der Waals surface area contributed by atoms with Crippen LogP contribution in [0, 0.1) is 12.3 Å². The third-order valence-corrected chi connectivity index (χ3v) is 4.94. The van der Waals surface area contributed by atoms with E-state index in [-0.39, 0.29) is 17.4 Å². The van der Waals surface area contributed by atoms with Gasteiger partial charge >= 0.3 is 5.97 Å². The fourth-order valence-corrected chi connectivity index (χ4v) is 3.28. The summed E-state index contributed by atoms with van der Waals surface area (Å²) in [6.45, 7) is 1.70. The first-order chi connectivity index (χ1) is 11.9. The van der Waals surface area contributed by atoms with Gasteiger partial charge in [0.05, 0.1) is 11.7 Å². The molecule has 25 heavy (non-hydrogen) atoms. The third kappa shape index (κ3) is 2.29. The molecule has 1 aliphatic heterocycles. The zero-order chi connectivity index (χ0) is 17.8. The molecule has 6 heteroatoms. The molecule has 2 aromatic rings. The van der Waals surface area contributed by atoms with Gasteiger partial charge in [0.2, 0.25) is 0 Å². The minimum Gasteiger partial charge on any atom is -0.508 e. The minimum absolute atomic E-state index is 0.190. The second kappa shape index (κ2) is 5.17. The molecule has 6 nitrogen and oxygen atoms in total. The van der Waals surface area contributed by atoms with Gasteiger partial charge in [-0.2, -0.15) is 0 Å². The molecule has 0 amide bonds. The summed E-state index contributed by atoms with van der Waals surface area (Å²) in [7, 11) is 0. The largest absolute Gasteiger partial charge is 0.508 e. The molecule has 1 aromatic carbocycles. The van der Waals surface area contributed by atoms with E-state index in [1.54, 1.807) is 49.4 Å². The van der Waals surface area contributed by atoms with E-state index in [4.69, 9.17) is 0 Å². The van der Waals surface area contributed by atoms with Crippen molar-refractivity contribution in [1.82, 2.24) is 9.55 Å². The number of nitrogens with zero attached hydrogens (tertiary/aromatic N) is 2. The van der Waals surface area contributed by atoms with E-state index in [9.17, 15) is 19.8 Å². The highest BCUT2D eigenvalue weighted by atomic mass is 16.4. The first-order valence-electron chi connectivity index (χ1n) is 7.95. The maximum absolute atomic E-state index is 12.7. The number of hydrogen-bond acceptors (Lipinski definition) is 4. The van der Waals surface area contributed by atoms with Crippen LogP contribution in [-0.4, -0.2) is 25.7 Å². The van der Waals surface area contributed by atoms with E-state index >= 15 is 0 Å².